The summed E-state index contributed by atoms with van der Waals surface area (Å²) >= 11 is 0. The molecule has 0 aromatic carbocycles. The highest BCUT2D eigenvalue weighted by Crippen LogP contribution is 2.31. The lowest BCUT2D eigenvalue weighted by atomic mass is 9.80. The van der Waals surface area contributed by atoms with Gasteiger partial charge in [-0.2, -0.15) is 17.4 Å². The van der Waals surface area contributed by atoms with Gasteiger partial charge in [-0.3, -0.25) is 0 Å². The molecule has 118 valence electrons. The van der Waals surface area contributed by atoms with E-state index in [1.165, 1.54) is 4.31 Å². The molecule has 1 heterocycles. The summed E-state index contributed by atoms with van der Waals surface area (Å²) in [5.41, 5.74) is -0.856. The van der Waals surface area contributed by atoms with E-state index in [1.807, 2.05) is 0 Å². The molecule has 0 aromatic heterocycles. The van der Waals surface area contributed by atoms with Gasteiger partial charge >= 0.3 is 0 Å². The van der Waals surface area contributed by atoms with E-state index in [2.05, 4.69) is 11.6 Å². The van der Waals surface area contributed by atoms with Crippen molar-refractivity contribution < 1.29 is 13.5 Å². The molecule has 2 rings (SSSR count). The zero-order chi connectivity index (χ0) is 14.6. The Labute approximate surface area is 122 Å². The van der Waals surface area contributed by atoms with Gasteiger partial charge in [0.15, 0.2) is 0 Å². The van der Waals surface area contributed by atoms with Crippen molar-refractivity contribution in [3.63, 3.8) is 0 Å². The minimum Gasteiger partial charge on any atom is -0.389 e. The third-order valence-corrected chi connectivity index (χ3v) is 6.25. The van der Waals surface area contributed by atoms with E-state index in [-0.39, 0.29) is 6.54 Å². The molecule has 20 heavy (non-hydrogen) atoms. The van der Waals surface area contributed by atoms with E-state index in [9.17, 15) is 13.5 Å². The van der Waals surface area contributed by atoms with E-state index in [1.54, 1.807) is 0 Å². The molecule has 2 fully saturated rings. The quantitative estimate of drug-likeness (QED) is 0.829. The highest BCUT2D eigenvalue weighted by Gasteiger charge is 2.34. The normalized spacial score (nSPS) is 33.8. The predicted octanol–water partition coefficient (Wildman–Crippen LogP) is 1.64. The topological polar surface area (TPSA) is 69.6 Å². The molecule has 2 aliphatic rings. The van der Waals surface area contributed by atoms with Gasteiger partial charge in [-0.05, 0) is 44.4 Å². The minimum absolute atomic E-state index is 0.151. The van der Waals surface area contributed by atoms with Gasteiger partial charge in [0.05, 0.1) is 5.60 Å². The fourth-order valence-corrected chi connectivity index (χ4v) is 4.45. The molecule has 0 unspecified atom stereocenters. The summed E-state index contributed by atoms with van der Waals surface area (Å²) in [6.45, 7) is 3.54. The Bertz CT molecular complexity index is 395. The Kier molecular flexibility index (Phi) is 5.45. The van der Waals surface area contributed by atoms with Crippen LogP contribution in [0.15, 0.2) is 0 Å². The Morgan fingerprint density at radius 1 is 1.15 bits per heavy atom. The third-order valence-electron chi connectivity index (χ3n) is 4.69. The lowest BCUT2D eigenvalue weighted by molar-refractivity contribution is -0.00210. The number of hydrogen-bond acceptors (Lipinski definition) is 3. The maximum atomic E-state index is 12.3. The molecule has 5 nitrogen and oxygen atoms in total. The number of nitrogens with one attached hydrogen (secondary N) is 1. The molecular formula is C14H28N2O3S. The second-order valence-electron chi connectivity index (χ2n) is 6.55. The van der Waals surface area contributed by atoms with Crippen LogP contribution >= 0.6 is 0 Å². The molecule has 1 saturated carbocycles. The summed E-state index contributed by atoms with van der Waals surface area (Å²) in [6, 6.07) is 0. The first-order valence-electron chi connectivity index (χ1n) is 7.88. The zero-order valence-electron chi connectivity index (χ0n) is 12.5. The van der Waals surface area contributed by atoms with Crippen LogP contribution in [0.25, 0.3) is 0 Å². The van der Waals surface area contributed by atoms with E-state index in [4.69, 9.17) is 0 Å². The lowest BCUT2D eigenvalue weighted by Gasteiger charge is -2.35. The second kappa shape index (κ2) is 6.73. The van der Waals surface area contributed by atoms with Crippen LogP contribution in [0.5, 0.6) is 0 Å². The largest absolute Gasteiger partial charge is 0.389 e. The van der Waals surface area contributed by atoms with Crippen LogP contribution in [0.2, 0.25) is 0 Å². The summed E-state index contributed by atoms with van der Waals surface area (Å²) in [5, 5.41) is 10.5. The third kappa shape index (κ3) is 4.41. The van der Waals surface area contributed by atoms with Crippen LogP contribution < -0.4 is 4.72 Å². The van der Waals surface area contributed by atoms with Gasteiger partial charge < -0.3 is 5.11 Å². The molecule has 6 heteroatoms. The maximum Gasteiger partial charge on any atom is 0.279 e. The summed E-state index contributed by atoms with van der Waals surface area (Å²) in [6.07, 6.45) is 7.41. The van der Waals surface area contributed by atoms with Crippen molar-refractivity contribution in [1.29, 1.82) is 0 Å². The van der Waals surface area contributed by atoms with Crippen molar-refractivity contribution in [3.05, 3.63) is 0 Å². The van der Waals surface area contributed by atoms with Gasteiger partial charge in [0.2, 0.25) is 0 Å². The Hall–Kier alpha value is -0.170. The molecule has 0 spiro atoms. The van der Waals surface area contributed by atoms with Crippen LogP contribution in [-0.2, 0) is 10.2 Å². The number of hydrogen-bond donors (Lipinski definition) is 2. The van der Waals surface area contributed by atoms with Gasteiger partial charge in [0.25, 0.3) is 10.2 Å². The van der Waals surface area contributed by atoms with E-state index in [0.29, 0.717) is 31.8 Å². The summed E-state index contributed by atoms with van der Waals surface area (Å²) < 4.78 is 28.7. The average Bonchev–Trinajstić information content (AvgIpc) is 2.70. The summed E-state index contributed by atoms with van der Waals surface area (Å²) in [7, 11) is -3.43. The highest BCUT2D eigenvalue weighted by atomic mass is 32.2. The van der Waals surface area contributed by atoms with E-state index in [0.717, 1.165) is 38.5 Å². The van der Waals surface area contributed by atoms with E-state index < -0.39 is 15.8 Å². The van der Waals surface area contributed by atoms with Crippen LogP contribution in [0.4, 0.5) is 0 Å². The zero-order valence-corrected chi connectivity index (χ0v) is 13.3. The SMILES string of the molecule is CC1CCC(O)(CNS(=O)(=O)N2CCCCCC2)CC1. The maximum absolute atomic E-state index is 12.3. The van der Waals surface area contributed by atoms with Gasteiger partial charge in [-0.1, -0.05) is 19.8 Å². The molecule has 0 amide bonds. The molecule has 1 aliphatic heterocycles. The van der Waals surface area contributed by atoms with Crippen LogP contribution in [0.1, 0.15) is 58.3 Å². The van der Waals surface area contributed by atoms with Crippen molar-refractivity contribution in [3.8, 4) is 0 Å². The van der Waals surface area contributed by atoms with Gasteiger partial charge in [0.1, 0.15) is 0 Å². The van der Waals surface area contributed by atoms with Crippen LogP contribution in [0, 0.1) is 5.92 Å². The van der Waals surface area contributed by atoms with Crippen LogP contribution in [-0.4, -0.2) is 43.1 Å². The Morgan fingerprint density at radius 2 is 1.70 bits per heavy atom. The highest BCUT2D eigenvalue weighted by molar-refractivity contribution is 7.87. The van der Waals surface area contributed by atoms with Gasteiger partial charge in [-0.25, -0.2) is 0 Å². The van der Waals surface area contributed by atoms with Crippen LogP contribution in [0.3, 0.4) is 0 Å². The number of aliphatic hydroxyl groups is 1. The van der Waals surface area contributed by atoms with Gasteiger partial charge in [0, 0.05) is 19.6 Å². The molecule has 0 radical (unpaired) electrons. The number of nitrogens with zero attached hydrogens (tertiary/aromatic N) is 1. The number of rotatable bonds is 4. The second-order valence-corrected chi connectivity index (χ2v) is 8.30. The molecule has 0 atom stereocenters. The minimum atomic E-state index is -3.43. The smallest absolute Gasteiger partial charge is 0.279 e. The van der Waals surface area contributed by atoms with Crippen molar-refractivity contribution in [2.24, 2.45) is 5.92 Å². The molecule has 1 aliphatic carbocycles. The van der Waals surface area contributed by atoms with Crippen molar-refractivity contribution in [2.45, 2.75) is 63.9 Å². The monoisotopic (exact) mass is 304 g/mol. The first-order valence-corrected chi connectivity index (χ1v) is 9.32. The van der Waals surface area contributed by atoms with Crippen molar-refractivity contribution >= 4 is 10.2 Å². The summed E-state index contributed by atoms with van der Waals surface area (Å²) in [5.74, 6) is 0.637. The molecule has 2 N–H and O–H groups in total. The molecular weight excluding hydrogens is 276 g/mol. The Balaban J connectivity index is 1.88. The predicted molar refractivity (Wildman–Crippen MR) is 79.5 cm³/mol. The molecule has 1 saturated heterocycles. The first-order chi connectivity index (χ1) is 9.41. The average molecular weight is 304 g/mol. The summed E-state index contributed by atoms with van der Waals surface area (Å²) in [4.78, 5) is 0. The fourth-order valence-electron chi connectivity index (χ4n) is 3.08. The standard InChI is InChI=1S/C14H28N2O3S/c1-13-6-8-14(17,9-7-13)12-15-20(18,19)16-10-4-2-3-5-11-16/h13,15,17H,2-12H2,1H3. The van der Waals surface area contributed by atoms with Crippen molar-refractivity contribution in [2.75, 3.05) is 19.6 Å². The van der Waals surface area contributed by atoms with Gasteiger partial charge in [-0.15, -0.1) is 0 Å². The van der Waals surface area contributed by atoms with Crippen molar-refractivity contribution in [1.82, 2.24) is 9.03 Å². The van der Waals surface area contributed by atoms with E-state index >= 15 is 0 Å². The lowest BCUT2D eigenvalue weighted by Crippen LogP contribution is -2.49. The first kappa shape index (κ1) is 16.2. The molecule has 0 bridgehead atoms. The Morgan fingerprint density at radius 3 is 2.25 bits per heavy atom. The molecule has 0 aromatic rings. The fraction of sp³-hybridized carbons (Fsp3) is 1.00.